The highest BCUT2D eigenvalue weighted by Crippen LogP contribution is 2.39. The molecule has 0 unspecified atom stereocenters. The molecule has 122 valence electrons. The first kappa shape index (κ1) is 16.1. The molecule has 3 atom stereocenters. The second-order valence-electron chi connectivity index (χ2n) is 6.28. The van der Waals surface area contributed by atoms with Gasteiger partial charge in [-0.05, 0) is 38.8 Å². The molecule has 0 saturated carbocycles. The number of piperidine rings is 1. The fourth-order valence-corrected chi connectivity index (χ4v) is 5.37. The van der Waals surface area contributed by atoms with Gasteiger partial charge in [-0.15, -0.1) is 0 Å². The highest BCUT2D eigenvalue weighted by atomic mass is 35.5. The van der Waals surface area contributed by atoms with Crippen LogP contribution in [0.3, 0.4) is 0 Å². The van der Waals surface area contributed by atoms with Gasteiger partial charge in [0.2, 0.25) is 10.0 Å². The average molecular weight is 345 g/mol. The Labute approximate surface area is 136 Å². The molecule has 2 aliphatic heterocycles. The van der Waals surface area contributed by atoms with Crippen LogP contribution >= 0.6 is 11.6 Å². The van der Waals surface area contributed by atoms with Crippen LogP contribution in [0.2, 0.25) is 5.02 Å². The highest BCUT2D eigenvalue weighted by molar-refractivity contribution is 7.89. The smallest absolute Gasteiger partial charge is 0.243 e. The number of fused-ring (bicyclic) bond motifs is 1. The Kier molecular flexibility index (Phi) is 4.14. The first-order chi connectivity index (χ1) is 10.3. The minimum absolute atomic E-state index is 0.0253. The van der Waals surface area contributed by atoms with E-state index < -0.39 is 10.0 Å². The molecule has 0 radical (unpaired) electrons. The largest absolute Gasteiger partial charge is 0.489 e. The van der Waals surface area contributed by atoms with Crippen molar-refractivity contribution in [3.05, 3.63) is 22.7 Å². The first-order valence-electron chi connectivity index (χ1n) is 7.55. The summed E-state index contributed by atoms with van der Waals surface area (Å²) in [4.78, 5) is 0.247. The molecule has 0 amide bonds. The molecule has 2 heterocycles. The summed E-state index contributed by atoms with van der Waals surface area (Å²) in [5, 5.41) is 0.363. The van der Waals surface area contributed by atoms with Crippen LogP contribution in [0.5, 0.6) is 5.75 Å². The van der Waals surface area contributed by atoms with Gasteiger partial charge in [0.15, 0.2) is 0 Å². The number of halogens is 1. The van der Waals surface area contributed by atoms with Gasteiger partial charge in [-0.3, -0.25) is 0 Å². The van der Waals surface area contributed by atoms with Gasteiger partial charge in [0.25, 0.3) is 0 Å². The van der Waals surface area contributed by atoms with Gasteiger partial charge in [-0.2, -0.15) is 4.31 Å². The van der Waals surface area contributed by atoms with Crippen molar-refractivity contribution >= 4 is 21.6 Å². The summed E-state index contributed by atoms with van der Waals surface area (Å²) in [6, 6.07) is 3.16. The maximum Gasteiger partial charge on any atom is 0.243 e. The lowest BCUT2D eigenvalue weighted by molar-refractivity contribution is 0.247. The number of ether oxygens (including phenoxy) is 1. The molecular weight excluding hydrogens is 324 g/mol. The molecule has 1 saturated heterocycles. The predicted molar refractivity (Wildman–Crippen MR) is 85.8 cm³/mol. The zero-order chi connectivity index (χ0) is 16.1. The van der Waals surface area contributed by atoms with E-state index >= 15 is 0 Å². The molecule has 2 N–H and O–H groups in total. The van der Waals surface area contributed by atoms with E-state index in [1.54, 1.807) is 6.07 Å². The molecule has 1 aromatic carbocycles. The van der Waals surface area contributed by atoms with Crippen molar-refractivity contribution in [2.45, 2.75) is 56.2 Å². The maximum atomic E-state index is 12.9. The Balaban J connectivity index is 1.97. The lowest BCUT2D eigenvalue weighted by Gasteiger charge is -2.35. The molecule has 0 aliphatic carbocycles. The number of hydrogen-bond acceptors (Lipinski definition) is 4. The molecule has 5 nitrogen and oxygen atoms in total. The van der Waals surface area contributed by atoms with E-state index in [1.165, 1.54) is 10.4 Å². The van der Waals surface area contributed by atoms with Gasteiger partial charge < -0.3 is 10.5 Å². The molecule has 3 rings (SSSR count). The van der Waals surface area contributed by atoms with Gasteiger partial charge in [-0.1, -0.05) is 11.6 Å². The topological polar surface area (TPSA) is 72.6 Å². The zero-order valence-corrected chi connectivity index (χ0v) is 14.3. The summed E-state index contributed by atoms with van der Waals surface area (Å²) in [6.45, 7) is 4.29. The average Bonchev–Trinajstić information content (AvgIpc) is 2.79. The fraction of sp³-hybridized carbons (Fsp3) is 0.600. The SMILES string of the molecule is C[C@@H]1Cc2cc(S(=O)(=O)N3CC[C@H](N)C[C@H]3C)cc(Cl)c2O1. The van der Waals surface area contributed by atoms with Gasteiger partial charge in [0.1, 0.15) is 11.9 Å². The Hall–Kier alpha value is -0.820. The van der Waals surface area contributed by atoms with Crippen LogP contribution in [0.15, 0.2) is 17.0 Å². The van der Waals surface area contributed by atoms with Gasteiger partial charge in [0, 0.05) is 30.6 Å². The van der Waals surface area contributed by atoms with Gasteiger partial charge >= 0.3 is 0 Å². The summed E-state index contributed by atoms with van der Waals surface area (Å²) in [5.74, 6) is 0.613. The third kappa shape index (κ3) is 2.73. The molecule has 0 bridgehead atoms. The Bertz CT molecular complexity index is 692. The van der Waals surface area contributed by atoms with Crippen LogP contribution in [0.1, 0.15) is 32.3 Å². The van der Waals surface area contributed by atoms with E-state index in [2.05, 4.69) is 0 Å². The number of sulfonamides is 1. The minimum Gasteiger partial charge on any atom is -0.489 e. The maximum absolute atomic E-state index is 12.9. The van der Waals surface area contributed by atoms with E-state index in [9.17, 15) is 8.42 Å². The molecule has 1 fully saturated rings. The second kappa shape index (κ2) is 5.67. The summed E-state index contributed by atoms with van der Waals surface area (Å²) in [7, 11) is -3.56. The number of nitrogens with zero attached hydrogens (tertiary/aromatic N) is 1. The Morgan fingerprint density at radius 2 is 2.09 bits per heavy atom. The zero-order valence-electron chi connectivity index (χ0n) is 12.8. The number of rotatable bonds is 2. The first-order valence-corrected chi connectivity index (χ1v) is 9.37. The van der Waals surface area contributed by atoms with Gasteiger partial charge in [0.05, 0.1) is 9.92 Å². The Morgan fingerprint density at radius 1 is 1.36 bits per heavy atom. The molecule has 2 aliphatic rings. The summed E-state index contributed by atoms with van der Waals surface area (Å²) < 4.78 is 33.0. The van der Waals surface area contributed by atoms with Crippen molar-refractivity contribution in [1.29, 1.82) is 0 Å². The molecule has 1 aromatic rings. The monoisotopic (exact) mass is 344 g/mol. The third-order valence-corrected chi connectivity index (χ3v) is 6.65. The van der Waals surface area contributed by atoms with E-state index in [1.807, 2.05) is 13.8 Å². The van der Waals surface area contributed by atoms with Crippen molar-refractivity contribution in [2.24, 2.45) is 5.73 Å². The number of benzene rings is 1. The third-order valence-electron chi connectivity index (χ3n) is 4.38. The number of hydrogen-bond donors (Lipinski definition) is 1. The quantitative estimate of drug-likeness (QED) is 0.892. The fourth-order valence-electron chi connectivity index (χ4n) is 3.29. The van der Waals surface area contributed by atoms with Crippen LogP contribution in [-0.2, 0) is 16.4 Å². The minimum atomic E-state index is -3.56. The van der Waals surface area contributed by atoms with Crippen LogP contribution in [0.4, 0.5) is 0 Å². The lowest BCUT2D eigenvalue weighted by atomic mass is 10.0. The van der Waals surface area contributed by atoms with E-state index in [0.29, 0.717) is 36.6 Å². The normalized spacial score (nSPS) is 29.2. The van der Waals surface area contributed by atoms with E-state index in [-0.39, 0.29) is 23.1 Å². The summed E-state index contributed by atoms with van der Waals surface area (Å²) >= 11 is 6.22. The summed E-state index contributed by atoms with van der Waals surface area (Å²) in [6.07, 6.45) is 2.07. The summed E-state index contributed by atoms with van der Waals surface area (Å²) in [5.41, 5.74) is 6.78. The number of nitrogens with two attached hydrogens (primary N) is 1. The predicted octanol–water partition coefficient (Wildman–Crippen LogP) is 2.16. The highest BCUT2D eigenvalue weighted by Gasteiger charge is 2.35. The van der Waals surface area contributed by atoms with Crippen LogP contribution in [0.25, 0.3) is 0 Å². The second-order valence-corrected chi connectivity index (χ2v) is 8.57. The van der Waals surface area contributed by atoms with Crippen LogP contribution in [0, 0.1) is 0 Å². The standard InChI is InChI=1S/C15H21ClN2O3S/c1-9-5-12(17)3-4-18(9)22(19,20)13-7-11-6-10(2)21-15(11)14(16)8-13/h7-10,12H,3-6,17H2,1-2H3/t9-,10-,12+/m1/s1. The van der Waals surface area contributed by atoms with Crippen molar-refractivity contribution in [2.75, 3.05) is 6.54 Å². The van der Waals surface area contributed by atoms with E-state index in [4.69, 9.17) is 22.1 Å². The molecule has 22 heavy (non-hydrogen) atoms. The lowest BCUT2D eigenvalue weighted by Crippen LogP contribution is -2.48. The van der Waals surface area contributed by atoms with Crippen molar-refractivity contribution in [1.82, 2.24) is 4.31 Å². The van der Waals surface area contributed by atoms with E-state index in [0.717, 1.165) is 5.56 Å². The van der Waals surface area contributed by atoms with Gasteiger partial charge in [-0.25, -0.2) is 8.42 Å². The molecular formula is C15H21ClN2O3S. The van der Waals surface area contributed by atoms with Crippen molar-refractivity contribution < 1.29 is 13.2 Å². The molecule has 0 spiro atoms. The Morgan fingerprint density at radius 3 is 2.77 bits per heavy atom. The van der Waals surface area contributed by atoms with Crippen molar-refractivity contribution in [3.63, 3.8) is 0 Å². The van der Waals surface area contributed by atoms with Crippen LogP contribution in [-0.4, -0.2) is 37.5 Å². The molecule has 7 heteroatoms. The van der Waals surface area contributed by atoms with Crippen molar-refractivity contribution in [3.8, 4) is 5.75 Å². The molecule has 0 aromatic heterocycles. The van der Waals surface area contributed by atoms with Crippen LogP contribution < -0.4 is 10.5 Å².